The van der Waals surface area contributed by atoms with E-state index >= 15 is 0 Å². The lowest BCUT2D eigenvalue weighted by Gasteiger charge is -2.24. The molecule has 0 spiro atoms. The number of carbonyl (C=O) groups is 1. The molecule has 4 heteroatoms. The molecule has 0 atom stereocenters. The van der Waals surface area contributed by atoms with Gasteiger partial charge in [0.25, 0.3) is 5.91 Å². The Morgan fingerprint density at radius 2 is 1.88 bits per heavy atom. The summed E-state index contributed by atoms with van der Waals surface area (Å²) < 4.78 is 5.65. The second-order valence-electron chi connectivity index (χ2n) is 6.77. The van der Waals surface area contributed by atoms with Gasteiger partial charge >= 0.3 is 0 Å². The maximum atomic E-state index is 12.2. The minimum absolute atomic E-state index is 0.0689. The lowest BCUT2D eigenvalue weighted by Crippen LogP contribution is -2.30. The van der Waals surface area contributed by atoms with Gasteiger partial charge in [-0.3, -0.25) is 9.69 Å². The molecule has 0 aromatic heterocycles. The molecule has 2 rings (SSSR count). The normalized spacial score (nSPS) is 11.0. The molecule has 0 radical (unpaired) electrons. The molecule has 0 saturated carbocycles. The molecule has 1 N–H and O–H groups in total. The Kier molecular flexibility index (Phi) is 7.67. The number of ether oxygens (including phenoxy) is 1. The van der Waals surface area contributed by atoms with Crippen molar-refractivity contribution in [2.24, 2.45) is 0 Å². The first-order chi connectivity index (χ1) is 12.5. The summed E-state index contributed by atoms with van der Waals surface area (Å²) in [6.07, 6.45) is 0. The van der Waals surface area contributed by atoms with E-state index in [0.29, 0.717) is 24.8 Å². The summed E-state index contributed by atoms with van der Waals surface area (Å²) in [5, 5.41) is 2.90. The van der Waals surface area contributed by atoms with Crippen molar-refractivity contribution in [2.45, 2.75) is 40.3 Å². The smallest absolute Gasteiger partial charge is 0.251 e. The highest BCUT2D eigenvalue weighted by atomic mass is 16.5. The van der Waals surface area contributed by atoms with Crippen LogP contribution in [0.4, 0.5) is 0 Å². The van der Waals surface area contributed by atoms with E-state index in [1.54, 1.807) is 0 Å². The van der Waals surface area contributed by atoms with Gasteiger partial charge in [-0.2, -0.15) is 0 Å². The molecule has 140 valence electrons. The molecule has 0 saturated heterocycles. The Morgan fingerprint density at radius 3 is 2.50 bits per heavy atom. The van der Waals surface area contributed by atoms with Crippen LogP contribution < -0.4 is 10.1 Å². The quantitative estimate of drug-likeness (QED) is 0.691. The standard InChI is InChI=1S/C22H30N2O2/c1-5-24(17(2)3)16-19-9-11-20(12-10-19)22(25)23-13-14-26-21-8-6-7-18(4)15-21/h6-12,15,17H,5,13-14,16H2,1-4H3,(H,23,25). The molecular formula is C22H30N2O2. The average Bonchev–Trinajstić information content (AvgIpc) is 2.63. The van der Waals surface area contributed by atoms with Gasteiger partial charge in [-0.25, -0.2) is 0 Å². The fraction of sp³-hybridized carbons (Fsp3) is 0.409. The Labute approximate surface area is 157 Å². The highest BCUT2D eigenvalue weighted by Crippen LogP contribution is 2.12. The predicted molar refractivity (Wildman–Crippen MR) is 107 cm³/mol. The number of rotatable bonds is 9. The zero-order valence-corrected chi connectivity index (χ0v) is 16.3. The topological polar surface area (TPSA) is 41.6 Å². The number of aryl methyl sites for hydroxylation is 1. The maximum absolute atomic E-state index is 12.2. The molecule has 0 aliphatic carbocycles. The summed E-state index contributed by atoms with van der Waals surface area (Å²) in [5.74, 6) is 0.759. The highest BCUT2D eigenvalue weighted by Gasteiger charge is 2.09. The zero-order valence-electron chi connectivity index (χ0n) is 16.3. The highest BCUT2D eigenvalue weighted by molar-refractivity contribution is 5.94. The van der Waals surface area contributed by atoms with Crippen LogP contribution in [-0.2, 0) is 6.54 Å². The van der Waals surface area contributed by atoms with Gasteiger partial charge in [0.05, 0.1) is 6.54 Å². The molecule has 2 aromatic rings. The molecule has 0 bridgehead atoms. The minimum Gasteiger partial charge on any atom is -0.492 e. The first-order valence-electron chi connectivity index (χ1n) is 9.30. The monoisotopic (exact) mass is 354 g/mol. The molecule has 4 nitrogen and oxygen atoms in total. The predicted octanol–water partition coefficient (Wildman–Crippen LogP) is 4.03. The number of amides is 1. The molecular weight excluding hydrogens is 324 g/mol. The van der Waals surface area contributed by atoms with Gasteiger partial charge in [0.15, 0.2) is 0 Å². The summed E-state index contributed by atoms with van der Waals surface area (Å²) in [7, 11) is 0. The van der Waals surface area contributed by atoms with Crippen molar-refractivity contribution in [3.8, 4) is 5.75 Å². The van der Waals surface area contributed by atoms with Crippen LogP contribution in [0.3, 0.4) is 0 Å². The molecule has 2 aromatic carbocycles. The number of nitrogens with one attached hydrogen (secondary N) is 1. The van der Waals surface area contributed by atoms with Crippen molar-refractivity contribution >= 4 is 5.91 Å². The Morgan fingerprint density at radius 1 is 1.15 bits per heavy atom. The lowest BCUT2D eigenvalue weighted by molar-refractivity contribution is 0.0947. The van der Waals surface area contributed by atoms with Gasteiger partial charge in [-0.05, 0) is 62.7 Å². The van der Waals surface area contributed by atoms with Crippen LogP contribution >= 0.6 is 0 Å². The number of carbonyl (C=O) groups excluding carboxylic acids is 1. The Balaban J connectivity index is 1.78. The van der Waals surface area contributed by atoms with Crippen molar-refractivity contribution in [2.75, 3.05) is 19.7 Å². The third-order valence-electron chi connectivity index (χ3n) is 4.38. The van der Waals surface area contributed by atoms with E-state index < -0.39 is 0 Å². The van der Waals surface area contributed by atoms with E-state index in [9.17, 15) is 4.79 Å². The van der Waals surface area contributed by atoms with E-state index in [0.717, 1.165) is 24.4 Å². The Hall–Kier alpha value is -2.33. The minimum atomic E-state index is -0.0689. The van der Waals surface area contributed by atoms with Crippen molar-refractivity contribution in [3.05, 3.63) is 65.2 Å². The molecule has 0 heterocycles. The van der Waals surface area contributed by atoms with Crippen LogP contribution in [0.1, 0.15) is 42.3 Å². The summed E-state index contributed by atoms with van der Waals surface area (Å²) >= 11 is 0. The number of nitrogens with zero attached hydrogens (tertiary/aromatic N) is 1. The first-order valence-corrected chi connectivity index (χ1v) is 9.30. The van der Waals surface area contributed by atoms with E-state index in [1.807, 2.05) is 55.5 Å². The van der Waals surface area contributed by atoms with Crippen molar-refractivity contribution in [1.29, 1.82) is 0 Å². The molecule has 26 heavy (non-hydrogen) atoms. The third kappa shape index (κ3) is 6.19. The number of benzene rings is 2. The largest absolute Gasteiger partial charge is 0.492 e. The summed E-state index contributed by atoms with van der Waals surface area (Å²) in [4.78, 5) is 14.6. The maximum Gasteiger partial charge on any atom is 0.251 e. The van der Waals surface area contributed by atoms with Crippen LogP contribution in [-0.4, -0.2) is 36.5 Å². The average molecular weight is 354 g/mol. The van der Waals surface area contributed by atoms with Crippen molar-refractivity contribution in [1.82, 2.24) is 10.2 Å². The van der Waals surface area contributed by atoms with Crippen LogP contribution in [0, 0.1) is 6.92 Å². The zero-order chi connectivity index (χ0) is 18.9. The lowest BCUT2D eigenvalue weighted by atomic mass is 10.1. The van der Waals surface area contributed by atoms with Crippen LogP contribution in [0.25, 0.3) is 0 Å². The molecule has 0 unspecified atom stereocenters. The molecule has 0 aliphatic rings. The number of hydrogen-bond donors (Lipinski definition) is 1. The van der Waals surface area contributed by atoms with Gasteiger partial charge in [0.2, 0.25) is 0 Å². The molecule has 0 aliphatic heterocycles. The van der Waals surface area contributed by atoms with E-state index in [1.165, 1.54) is 5.56 Å². The SMILES string of the molecule is CCN(Cc1ccc(C(=O)NCCOc2cccc(C)c2)cc1)C(C)C. The molecule has 0 fully saturated rings. The Bertz CT molecular complexity index is 696. The van der Waals surface area contributed by atoms with Crippen LogP contribution in [0.15, 0.2) is 48.5 Å². The van der Waals surface area contributed by atoms with E-state index in [2.05, 4.69) is 31.0 Å². The van der Waals surface area contributed by atoms with E-state index in [-0.39, 0.29) is 5.91 Å². The van der Waals surface area contributed by atoms with Gasteiger partial charge in [-0.15, -0.1) is 0 Å². The van der Waals surface area contributed by atoms with Gasteiger partial charge in [-0.1, -0.05) is 31.2 Å². The first kappa shape index (κ1) is 20.0. The van der Waals surface area contributed by atoms with Gasteiger partial charge in [0, 0.05) is 18.2 Å². The second-order valence-corrected chi connectivity index (χ2v) is 6.77. The van der Waals surface area contributed by atoms with Crippen molar-refractivity contribution < 1.29 is 9.53 Å². The fourth-order valence-electron chi connectivity index (χ4n) is 2.80. The fourth-order valence-corrected chi connectivity index (χ4v) is 2.80. The van der Waals surface area contributed by atoms with Crippen LogP contribution in [0.2, 0.25) is 0 Å². The summed E-state index contributed by atoms with van der Waals surface area (Å²) in [5.41, 5.74) is 3.06. The van der Waals surface area contributed by atoms with Gasteiger partial charge in [0.1, 0.15) is 12.4 Å². The summed E-state index contributed by atoms with van der Waals surface area (Å²) in [6, 6.07) is 16.2. The van der Waals surface area contributed by atoms with Crippen LogP contribution in [0.5, 0.6) is 5.75 Å². The second kappa shape index (κ2) is 9.97. The van der Waals surface area contributed by atoms with Gasteiger partial charge < -0.3 is 10.1 Å². The number of hydrogen-bond acceptors (Lipinski definition) is 3. The van der Waals surface area contributed by atoms with E-state index in [4.69, 9.17) is 4.74 Å². The molecule has 1 amide bonds. The van der Waals surface area contributed by atoms with Crippen molar-refractivity contribution in [3.63, 3.8) is 0 Å². The third-order valence-corrected chi connectivity index (χ3v) is 4.38. The summed E-state index contributed by atoms with van der Waals surface area (Å²) in [6.45, 7) is 11.4.